The molecule has 0 amide bonds. The fourth-order valence-corrected chi connectivity index (χ4v) is 2.79. The topological polar surface area (TPSA) is 92.6 Å². The van der Waals surface area contributed by atoms with Crippen molar-refractivity contribution in [3.05, 3.63) is 46.9 Å². The monoisotopic (exact) mass is 291 g/mol. The van der Waals surface area contributed by atoms with Crippen LogP contribution < -0.4 is 5.73 Å². The van der Waals surface area contributed by atoms with Gasteiger partial charge in [0.2, 0.25) is 0 Å². The summed E-state index contributed by atoms with van der Waals surface area (Å²) in [6, 6.07) is 5.72. The molecule has 2 aromatic heterocycles. The van der Waals surface area contributed by atoms with Crippen LogP contribution in [-0.2, 0) is 0 Å². The number of rotatable bonds is 1. The summed E-state index contributed by atoms with van der Waals surface area (Å²) in [5.41, 5.74) is 8.19. The Bertz CT molecular complexity index is 907. The molecule has 0 radical (unpaired) electrons. The average Bonchev–Trinajstić information content (AvgIpc) is 2.92. The van der Waals surface area contributed by atoms with Gasteiger partial charge in [0, 0.05) is 17.6 Å². The first-order valence-electron chi connectivity index (χ1n) is 6.73. The van der Waals surface area contributed by atoms with Crippen molar-refractivity contribution < 1.29 is 4.42 Å². The maximum atomic E-state index is 9.49. The van der Waals surface area contributed by atoms with Gasteiger partial charge in [0.1, 0.15) is 17.2 Å². The first-order valence-corrected chi connectivity index (χ1v) is 6.73. The van der Waals surface area contributed by atoms with Gasteiger partial charge < -0.3 is 10.2 Å². The normalized spacial score (nSPS) is 21.4. The van der Waals surface area contributed by atoms with Gasteiger partial charge in [-0.25, -0.2) is 9.83 Å². The molecule has 0 spiro atoms. The molecule has 0 fully saturated rings. The Hall–Kier alpha value is -3.12. The van der Waals surface area contributed by atoms with Crippen molar-refractivity contribution in [2.75, 3.05) is 5.73 Å². The van der Waals surface area contributed by atoms with E-state index in [1.807, 2.05) is 0 Å². The molecule has 6 heteroatoms. The fraction of sp³-hybridized carbons (Fsp3) is 0.250. The highest BCUT2D eigenvalue weighted by Gasteiger charge is 2.36. The molecule has 0 saturated heterocycles. The van der Waals surface area contributed by atoms with Crippen molar-refractivity contribution in [3.63, 3.8) is 0 Å². The Kier molecular flexibility index (Phi) is 3.15. The molecule has 3 heterocycles. The summed E-state index contributed by atoms with van der Waals surface area (Å²) in [7, 11) is 0. The molecule has 0 saturated carbocycles. The molecule has 2 unspecified atom stereocenters. The van der Waals surface area contributed by atoms with Crippen molar-refractivity contribution in [3.8, 4) is 6.07 Å². The number of allylic oxidation sites excluding steroid dienone is 2. The van der Waals surface area contributed by atoms with Crippen LogP contribution in [-0.4, -0.2) is 10.7 Å². The van der Waals surface area contributed by atoms with Gasteiger partial charge in [0.25, 0.3) is 0 Å². The molecule has 6 nitrogen and oxygen atoms in total. The van der Waals surface area contributed by atoms with E-state index in [2.05, 4.69) is 20.9 Å². The summed E-state index contributed by atoms with van der Waals surface area (Å²) in [4.78, 5) is 11.9. The average molecular weight is 291 g/mol. The number of nitrogen functional groups attached to an aromatic ring is 1. The van der Waals surface area contributed by atoms with E-state index in [4.69, 9.17) is 16.7 Å². The lowest BCUT2D eigenvalue weighted by Crippen LogP contribution is -2.23. The molecular weight excluding hydrogens is 278 g/mol. The highest BCUT2D eigenvalue weighted by molar-refractivity contribution is 5.91. The third kappa shape index (κ3) is 1.94. The second-order valence-corrected chi connectivity index (χ2v) is 5.18. The van der Waals surface area contributed by atoms with Crippen molar-refractivity contribution in [1.29, 1.82) is 5.26 Å². The zero-order chi connectivity index (χ0) is 15.9. The lowest BCUT2D eigenvalue weighted by Gasteiger charge is -2.24. The van der Waals surface area contributed by atoms with Crippen LogP contribution in [0.4, 0.5) is 5.82 Å². The number of hydrogen-bond donors (Lipinski definition) is 1. The lowest BCUT2D eigenvalue weighted by atomic mass is 9.82. The molecule has 2 aromatic rings. The summed E-state index contributed by atoms with van der Waals surface area (Å²) in [5, 5.41) is 10.2. The van der Waals surface area contributed by atoms with E-state index < -0.39 is 11.8 Å². The number of furan rings is 1. The van der Waals surface area contributed by atoms with Gasteiger partial charge in [0.15, 0.2) is 5.70 Å². The smallest absolute Gasteiger partial charge is 0.198 e. The second kappa shape index (κ2) is 5.01. The maximum Gasteiger partial charge on any atom is 0.198 e. The number of nitrogens with two attached hydrogens (primary N) is 1. The zero-order valence-corrected chi connectivity index (χ0v) is 12.2. The summed E-state index contributed by atoms with van der Waals surface area (Å²) in [6.07, 6.45) is 1.57. The standard InChI is InChI=1S/C16H13N5O/c1-8-11(7-17)14(15(19-3)9(2)21-8)13-6-10-12(22-13)4-5-20-16(10)18/h4-6,11,14H,1-2H3,(H2,18,20). The summed E-state index contributed by atoms with van der Waals surface area (Å²) in [6.45, 7) is 11.0. The summed E-state index contributed by atoms with van der Waals surface area (Å²) < 4.78 is 5.85. The largest absolute Gasteiger partial charge is 0.461 e. The molecule has 3 rings (SSSR count). The van der Waals surface area contributed by atoms with E-state index in [1.165, 1.54) is 0 Å². The number of fused-ring (bicyclic) bond motifs is 1. The Morgan fingerprint density at radius 3 is 2.86 bits per heavy atom. The Balaban J connectivity index is 2.23. The van der Waals surface area contributed by atoms with E-state index in [0.29, 0.717) is 39.7 Å². The minimum Gasteiger partial charge on any atom is -0.461 e. The molecule has 2 N–H and O–H groups in total. The van der Waals surface area contributed by atoms with Crippen molar-refractivity contribution in [2.45, 2.75) is 19.8 Å². The van der Waals surface area contributed by atoms with Crippen molar-refractivity contribution in [1.82, 2.24) is 4.98 Å². The van der Waals surface area contributed by atoms with Gasteiger partial charge in [-0.1, -0.05) is 0 Å². The first kappa shape index (κ1) is 13.8. The predicted octanol–water partition coefficient (Wildman–Crippen LogP) is 3.26. The highest BCUT2D eigenvalue weighted by atomic mass is 16.3. The number of nitriles is 1. The highest BCUT2D eigenvalue weighted by Crippen LogP contribution is 2.41. The van der Waals surface area contributed by atoms with Crippen molar-refractivity contribution in [2.24, 2.45) is 10.9 Å². The molecule has 0 aliphatic carbocycles. The van der Waals surface area contributed by atoms with Gasteiger partial charge in [-0.05, 0) is 26.0 Å². The fourth-order valence-electron chi connectivity index (χ4n) is 2.79. The molecule has 22 heavy (non-hydrogen) atoms. The zero-order valence-electron chi connectivity index (χ0n) is 12.2. The second-order valence-electron chi connectivity index (χ2n) is 5.18. The van der Waals surface area contributed by atoms with E-state index in [0.717, 1.165) is 0 Å². The van der Waals surface area contributed by atoms with Crippen LogP contribution >= 0.6 is 0 Å². The van der Waals surface area contributed by atoms with Crippen LogP contribution in [0.1, 0.15) is 25.5 Å². The van der Waals surface area contributed by atoms with E-state index in [9.17, 15) is 5.26 Å². The molecular formula is C16H13N5O. The number of hydrogen-bond acceptors (Lipinski definition) is 5. The number of nitrogens with zero attached hydrogens (tertiary/aromatic N) is 4. The Morgan fingerprint density at radius 2 is 2.23 bits per heavy atom. The molecule has 2 atom stereocenters. The summed E-state index contributed by atoms with van der Waals surface area (Å²) in [5.74, 6) is -0.0811. The van der Waals surface area contributed by atoms with Gasteiger partial charge in [-0.15, -0.1) is 0 Å². The summed E-state index contributed by atoms with van der Waals surface area (Å²) >= 11 is 0. The van der Waals surface area contributed by atoms with Crippen molar-refractivity contribution >= 4 is 22.5 Å². The predicted molar refractivity (Wildman–Crippen MR) is 82.7 cm³/mol. The minimum absolute atomic E-state index is 0.368. The minimum atomic E-state index is -0.525. The van der Waals surface area contributed by atoms with Crippen LogP contribution in [0.15, 0.2) is 39.1 Å². The van der Waals surface area contributed by atoms with Crippen LogP contribution in [0.5, 0.6) is 0 Å². The number of pyridine rings is 1. The first-order chi connectivity index (χ1) is 10.6. The van der Waals surface area contributed by atoms with E-state index >= 15 is 0 Å². The van der Waals surface area contributed by atoms with Gasteiger partial charge in [-0.3, -0.25) is 4.99 Å². The molecule has 108 valence electrons. The van der Waals surface area contributed by atoms with E-state index in [-0.39, 0.29) is 0 Å². The van der Waals surface area contributed by atoms with Crippen LogP contribution in [0, 0.1) is 23.8 Å². The van der Waals surface area contributed by atoms with Gasteiger partial charge >= 0.3 is 0 Å². The van der Waals surface area contributed by atoms with Gasteiger partial charge in [0.05, 0.1) is 29.9 Å². The van der Waals surface area contributed by atoms with Gasteiger partial charge in [-0.2, -0.15) is 5.26 Å². The number of aromatic nitrogens is 1. The quantitative estimate of drug-likeness (QED) is 0.816. The Labute approximate surface area is 127 Å². The van der Waals surface area contributed by atoms with Crippen LogP contribution in [0.3, 0.4) is 0 Å². The third-order valence-corrected chi connectivity index (χ3v) is 3.85. The van der Waals surface area contributed by atoms with Crippen LogP contribution in [0.25, 0.3) is 15.8 Å². The molecule has 1 aliphatic heterocycles. The lowest BCUT2D eigenvalue weighted by molar-refractivity contribution is 0.496. The Morgan fingerprint density at radius 1 is 1.45 bits per heavy atom. The molecule has 0 bridgehead atoms. The molecule has 0 aromatic carbocycles. The number of anilines is 1. The maximum absolute atomic E-state index is 9.49. The number of aliphatic imine (C=N–C) groups is 1. The van der Waals surface area contributed by atoms with Crippen LogP contribution in [0.2, 0.25) is 0 Å². The third-order valence-electron chi connectivity index (χ3n) is 3.85. The molecule has 1 aliphatic rings. The van der Waals surface area contributed by atoms with E-state index in [1.54, 1.807) is 32.2 Å². The SMILES string of the molecule is [C-]#[N+]C1=C(C)N=C(C)C(C#N)C1c1cc2c(N)nccc2o1.